The highest BCUT2D eigenvalue weighted by atomic mass is 79.9. The molecule has 0 bridgehead atoms. The number of nitrogens with one attached hydrogen (secondary N) is 1. The zero-order chi connectivity index (χ0) is 13.7. The van der Waals surface area contributed by atoms with Crippen molar-refractivity contribution in [2.75, 3.05) is 13.6 Å². The molecule has 2 amide bonds. The predicted octanol–water partition coefficient (Wildman–Crippen LogP) is 3.25. The van der Waals surface area contributed by atoms with Gasteiger partial charge in [-0.05, 0) is 30.2 Å². The Morgan fingerprint density at radius 1 is 1.53 bits per heavy atom. The summed E-state index contributed by atoms with van der Waals surface area (Å²) in [4.78, 5) is 17.7. The summed E-state index contributed by atoms with van der Waals surface area (Å²) in [5, 5.41) is 2.65. The van der Waals surface area contributed by atoms with E-state index in [1.165, 1.54) is 0 Å². The molecule has 0 saturated carbocycles. The van der Waals surface area contributed by atoms with E-state index in [2.05, 4.69) is 26.2 Å². The van der Waals surface area contributed by atoms with Gasteiger partial charge in [-0.2, -0.15) is 4.99 Å². The molecule has 0 atom stereocenters. The van der Waals surface area contributed by atoms with E-state index >= 15 is 0 Å². The first kappa shape index (κ1) is 13.8. The summed E-state index contributed by atoms with van der Waals surface area (Å²) in [6.07, 6.45) is 5.39. The normalized spacial score (nSPS) is 17.4. The molecule has 100 valence electrons. The minimum absolute atomic E-state index is 0.324. The predicted molar refractivity (Wildman–Crippen MR) is 81.0 cm³/mol. The lowest BCUT2D eigenvalue weighted by molar-refractivity contribution is 0.252. The molecule has 0 radical (unpaired) electrons. The van der Waals surface area contributed by atoms with E-state index in [4.69, 9.17) is 0 Å². The van der Waals surface area contributed by atoms with Crippen LogP contribution in [0.5, 0.6) is 0 Å². The van der Waals surface area contributed by atoms with E-state index in [0.29, 0.717) is 0 Å². The molecule has 0 unspecified atom stereocenters. The molecule has 1 aliphatic heterocycles. The van der Waals surface area contributed by atoms with Gasteiger partial charge in [0.15, 0.2) is 0 Å². The lowest BCUT2D eigenvalue weighted by atomic mass is 10.2. The Bertz CT molecular complexity index is 525. The fourth-order valence-corrected chi connectivity index (χ4v) is 2.32. The van der Waals surface area contributed by atoms with Crippen LogP contribution >= 0.6 is 15.9 Å². The van der Waals surface area contributed by atoms with E-state index in [-0.39, 0.29) is 6.03 Å². The van der Waals surface area contributed by atoms with Gasteiger partial charge >= 0.3 is 6.03 Å². The Morgan fingerprint density at radius 3 is 3.05 bits per heavy atom. The maximum absolute atomic E-state index is 11.6. The molecule has 1 fully saturated rings. The molecule has 1 aliphatic rings. The van der Waals surface area contributed by atoms with Crippen LogP contribution in [0.3, 0.4) is 0 Å². The van der Waals surface area contributed by atoms with Crippen molar-refractivity contribution in [2.24, 2.45) is 4.99 Å². The van der Waals surface area contributed by atoms with Crippen molar-refractivity contribution in [1.29, 1.82) is 0 Å². The van der Waals surface area contributed by atoms with Gasteiger partial charge in [0.25, 0.3) is 0 Å². The van der Waals surface area contributed by atoms with E-state index in [0.717, 1.165) is 35.3 Å². The summed E-state index contributed by atoms with van der Waals surface area (Å²) in [6, 6.07) is 7.51. The molecule has 0 spiro atoms. The highest BCUT2D eigenvalue weighted by Gasteiger charge is 2.14. The summed E-state index contributed by atoms with van der Waals surface area (Å²) < 4.78 is 1.01. The molecule has 1 saturated heterocycles. The fraction of sp³-hybridized carbons (Fsp3) is 0.286. The largest absolute Gasteiger partial charge is 0.363 e. The Balaban J connectivity index is 1.90. The number of amidine groups is 1. The topological polar surface area (TPSA) is 44.7 Å². The third kappa shape index (κ3) is 4.21. The van der Waals surface area contributed by atoms with Gasteiger partial charge < -0.3 is 10.2 Å². The Kier molecular flexibility index (Phi) is 4.74. The lowest BCUT2D eigenvalue weighted by Crippen LogP contribution is -2.23. The number of amides is 2. The smallest absolute Gasteiger partial charge is 0.346 e. The molecule has 1 heterocycles. The molecule has 1 aromatic carbocycles. The SMILES string of the molecule is CN1CCCC1=NC(=O)NC=Cc1cccc(Br)c1. The summed E-state index contributed by atoms with van der Waals surface area (Å²) >= 11 is 3.40. The van der Waals surface area contributed by atoms with Crippen LogP contribution in [-0.4, -0.2) is 30.4 Å². The van der Waals surface area contributed by atoms with Crippen molar-refractivity contribution in [3.05, 3.63) is 40.5 Å². The Hall–Kier alpha value is -1.62. The van der Waals surface area contributed by atoms with Crippen LogP contribution < -0.4 is 5.32 Å². The maximum atomic E-state index is 11.6. The number of aliphatic imine (C=N–C) groups is 1. The first-order valence-corrected chi connectivity index (χ1v) is 6.96. The summed E-state index contributed by atoms with van der Waals surface area (Å²) in [7, 11) is 1.95. The first-order chi connectivity index (χ1) is 9.15. The molecular formula is C14H16BrN3O. The monoisotopic (exact) mass is 321 g/mol. The van der Waals surface area contributed by atoms with Gasteiger partial charge in [-0.15, -0.1) is 0 Å². The van der Waals surface area contributed by atoms with Crippen molar-refractivity contribution >= 4 is 33.9 Å². The van der Waals surface area contributed by atoms with Crippen molar-refractivity contribution < 1.29 is 4.79 Å². The standard InChI is InChI=1S/C14H16BrN3O/c1-18-9-3-6-13(18)17-14(19)16-8-7-11-4-2-5-12(15)10-11/h2,4-5,7-8,10H,3,6,9H2,1H3,(H,16,19). The lowest BCUT2D eigenvalue weighted by Gasteiger charge is -2.09. The van der Waals surface area contributed by atoms with Crippen LogP contribution in [0.2, 0.25) is 0 Å². The third-order valence-electron chi connectivity index (χ3n) is 2.90. The van der Waals surface area contributed by atoms with Crippen LogP contribution in [-0.2, 0) is 0 Å². The van der Waals surface area contributed by atoms with Crippen LogP contribution in [0.4, 0.5) is 4.79 Å². The molecule has 0 aliphatic carbocycles. The van der Waals surface area contributed by atoms with Crippen molar-refractivity contribution in [1.82, 2.24) is 10.2 Å². The van der Waals surface area contributed by atoms with Gasteiger partial charge in [0.2, 0.25) is 0 Å². The Morgan fingerprint density at radius 2 is 2.37 bits per heavy atom. The third-order valence-corrected chi connectivity index (χ3v) is 3.39. The van der Waals surface area contributed by atoms with Crippen LogP contribution in [0.1, 0.15) is 18.4 Å². The molecule has 1 aromatic rings. The number of nitrogens with zero attached hydrogens (tertiary/aromatic N) is 2. The quantitative estimate of drug-likeness (QED) is 0.908. The second kappa shape index (κ2) is 6.52. The molecular weight excluding hydrogens is 306 g/mol. The molecule has 2 rings (SSSR count). The number of benzene rings is 1. The number of urea groups is 1. The molecule has 1 N–H and O–H groups in total. The van der Waals surface area contributed by atoms with Crippen LogP contribution in [0.25, 0.3) is 6.08 Å². The molecule has 4 nitrogen and oxygen atoms in total. The number of rotatable bonds is 2. The van der Waals surface area contributed by atoms with Gasteiger partial charge in [0, 0.05) is 30.7 Å². The number of likely N-dealkylation sites (tertiary alicyclic amines) is 1. The highest BCUT2D eigenvalue weighted by Crippen LogP contribution is 2.12. The summed E-state index contributed by atoms with van der Waals surface area (Å²) in [5.74, 6) is 0.855. The van der Waals surface area contributed by atoms with Gasteiger partial charge in [0.1, 0.15) is 5.84 Å². The number of carbonyl (C=O) groups is 1. The average Bonchev–Trinajstić information content (AvgIpc) is 2.75. The Labute approximate surface area is 121 Å². The second-order valence-electron chi connectivity index (χ2n) is 4.39. The van der Waals surface area contributed by atoms with Crippen LogP contribution in [0, 0.1) is 0 Å². The van der Waals surface area contributed by atoms with Gasteiger partial charge in [-0.3, -0.25) is 0 Å². The van der Waals surface area contributed by atoms with Gasteiger partial charge in [-0.1, -0.05) is 28.1 Å². The van der Waals surface area contributed by atoms with E-state index in [9.17, 15) is 4.79 Å². The van der Waals surface area contributed by atoms with Crippen molar-refractivity contribution in [3.8, 4) is 0 Å². The zero-order valence-corrected chi connectivity index (χ0v) is 12.4. The molecule has 0 aromatic heterocycles. The number of halogens is 1. The first-order valence-electron chi connectivity index (χ1n) is 6.16. The minimum atomic E-state index is -0.324. The summed E-state index contributed by atoms with van der Waals surface area (Å²) in [6.45, 7) is 0.972. The fourth-order valence-electron chi connectivity index (χ4n) is 1.90. The second-order valence-corrected chi connectivity index (χ2v) is 5.31. The van der Waals surface area contributed by atoms with Crippen molar-refractivity contribution in [2.45, 2.75) is 12.8 Å². The molecule has 19 heavy (non-hydrogen) atoms. The van der Waals surface area contributed by atoms with E-state index < -0.39 is 0 Å². The number of hydrogen-bond donors (Lipinski definition) is 1. The van der Waals surface area contributed by atoms with Crippen molar-refractivity contribution in [3.63, 3.8) is 0 Å². The van der Waals surface area contributed by atoms with E-state index in [1.807, 2.05) is 42.3 Å². The zero-order valence-electron chi connectivity index (χ0n) is 10.8. The maximum Gasteiger partial charge on any atom is 0.346 e. The number of carbonyl (C=O) groups excluding carboxylic acids is 1. The average molecular weight is 322 g/mol. The highest BCUT2D eigenvalue weighted by molar-refractivity contribution is 9.10. The van der Waals surface area contributed by atoms with E-state index in [1.54, 1.807) is 6.20 Å². The van der Waals surface area contributed by atoms with Crippen LogP contribution in [0.15, 0.2) is 39.9 Å². The molecule has 5 heteroatoms. The summed E-state index contributed by atoms with van der Waals surface area (Å²) in [5.41, 5.74) is 1.01. The van der Waals surface area contributed by atoms with Gasteiger partial charge in [0.05, 0.1) is 0 Å². The number of hydrogen-bond acceptors (Lipinski definition) is 1. The minimum Gasteiger partial charge on any atom is -0.363 e. The van der Waals surface area contributed by atoms with Gasteiger partial charge in [-0.25, -0.2) is 4.79 Å².